The number of ether oxygens (including phenoxy) is 1. The van der Waals surface area contributed by atoms with Crippen molar-refractivity contribution in [2.24, 2.45) is 5.41 Å². The molecule has 1 aliphatic heterocycles. The Bertz CT molecular complexity index is 430. The second kappa shape index (κ2) is 6.88. The van der Waals surface area contributed by atoms with Crippen molar-refractivity contribution in [2.45, 2.75) is 40.0 Å². The highest BCUT2D eigenvalue weighted by atomic mass is 16.5. The van der Waals surface area contributed by atoms with E-state index in [-0.39, 0.29) is 0 Å². The maximum absolute atomic E-state index is 5.44. The molecule has 2 heterocycles. The number of nitrogens with zero attached hydrogens (tertiary/aromatic N) is 2. The van der Waals surface area contributed by atoms with Gasteiger partial charge in [-0.15, -0.1) is 0 Å². The molecule has 1 aliphatic rings. The van der Waals surface area contributed by atoms with Crippen molar-refractivity contribution in [1.82, 2.24) is 9.97 Å². The molecule has 2 N–H and O–H groups in total. The molecular weight excluding hydrogens is 252 g/mol. The van der Waals surface area contributed by atoms with Gasteiger partial charge in [-0.3, -0.25) is 0 Å². The van der Waals surface area contributed by atoms with Crippen LogP contribution in [0.15, 0.2) is 6.07 Å². The number of aromatic nitrogens is 2. The van der Waals surface area contributed by atoms with Crippen molar-refractivity contribution in [3.63, 3.8) is 0 Å². The number of hydrogen-bond donors (Lipinski definition) is 2. The largest absolute Gasteiger partial charge is 0.381 e. The molecule has 20 heavy (non-hydrogen) atoms. The summed E-state index contributed by atoms with van der Waals surface area (Å²) in [4.78, 5) is 9.03. The van der Waals surface area contributed by atoms with Crippen LogP contribution in [0.2, 0.25) is 0 Å². The van der Waals surface area contributed by atoms with E-state index in [1.807, 2.05) is 6.07 Å². The molecule has 0 bridgehead atoms. The molecule has 0 spiro atoms. The maximum Gasteiger partial charge on any atom is 0.132 e. The molecule has 0 amide bonds. The topological polar surface area (TPSA) is 59.1 Å². The summed E-state index contributed by atoms with van der Waals surface area (Å²) in [6.07, 6.45) is 3.05. The Hall–Kier alpha value is -1.36. The number of anilines is 2. The Kier molecular flexibility index (Phi) is 5.17. The van der Waals surface area contributed by atoms with Crippen LogP contribution in [-0.4, -0.2) is 36.3 Å². The molecule has 1 fully saturated rings. The van der Waals surface area contributed by atoms with E-state index in [0.29, 0.717) is 5.41 Å². The first-order valence-electron chi connectivity index (χ1n) is 7.58. The summed E-state index contributed by atoms with van der Waals surface area (Å²) < 4.78 is 5.44. The molecule has 0 aliphatic carbocycles. The average molecular weight is 278 g/mol. The van der Waals surface area contributed by atoms with Gasteiger partial charge in [0.05, 0.1) is 0 Å². The first-order valence-corrected chi connectivity index (χ1v) is 7.58. The molecule has 1 aromatic heterocycles. The molecule has 112 valence electrons. The summed E-state index contributed by atoms with van der Waals surface area (Å²) in [6, 6.07) is 1.99. The highest BCUT2D eigenvalue weighted by Gasteiger charge is 2.27. The van der Waals surface area contributed by atoms with E-state index in [1.165, 1.54) is 0 Å². The molecule has 1 aromatic rings. The van der Waals surface area contributed by atoms with Crippen LogP contribution in [0.4, 0.5) is 11.6 Å². The lowest BCUT2D eigenvalue weighted by molar-refractivity contribution is 0.0299. The number of hydrogen-bond acceptors (Lipinski definition) is 5. The van der Waals surface area contributed by atoms with Crippen molar-refractivity contribution < 1.29 is 4.74 Å². The third kappa shape index (κ3) is 4.07. The first-order chi connectivity index (χ1) is 9.65. The van der Waals surface area contributed by atoms with Crippen LogP contribution < -0.4 is 10.6 Å². The fraction of sp³-hybridized carbons (Fsp3) is 0.733. The van der Waals surface area contributed by atoms with Crippen LogP contribution in [0, 0.1) is 5.41 Å². The predicted molar refractivity (Wildman–Crippen MR) is 82.2 cm³/mol. The van der Waals surface area contributed by atoms with Crippen molar-refractivity contribution >= 4 is 11.6 Å². The zero-order chi connectivity index (χ0) is 14.4. The van der Waals surface area contributed by atoms with E-state index in [1.54, 1.807) is 0 Å². The molecule has 0 radical (unpaired) electrons. The molecule has 5 nitrogen and oxygen atoms in total. The van der Waals surface area contributed by atoms with Gasteiger partial charge in [-0.2, -0.15) is 0 Å². The Labute approximate surface area is 121 Å². The lowest BCUT2D eigenvalue weighted by Gasteiger charge is -2.33. The second-order valence-corrected chi connectivity index (χ2v) is 5.72. The van der Waals surface area contributed by atoms with Crippen LogP contribution in [0.3, 0.4) is 0 Å². The minimum absolute atomic E-state index is 0.300. The minimum atomic E-state index is 0.300. The van der Waals surface area contributed by atoms with Crippen molar-refractivity contribution in [3.8, 4) is 0 Å². The molecule has 0 aromatic carbocycles. The highest BCUT2D eigenvalue weighted by Crippen LogP contribution is 2.29. The van der Waals surface area contributed by atoms with Gasteiger partial charge in [0.15, 0.2) is 0 Å². The van der Waals surface area contributed by atoms with Gasteiger partial charge in [0.25, 0.3) is 0 Å². The van der Waals surface area contributed by atoms with Crippen molar-refractivity contribution in [2.75, 3.05) is 36.9 Å². The zero-order valence-corrected chi connectivity index (χ0v) is 12.8. The predicted octanol–water partition coefficient (Wildman–Crippen LogP) is 2.70. The lowest BCUT2D eigenvalue weighted by Crippen LogP contribution is -2.33. The Balaban J connectivity index is 2.02. The second-order valence-electron chi connectivity index (χ2n) is 5.72. The van der Waals surface area contributed by atoms with Gasteiger partial charge in [0.2, 0.25) is 0 Å². The number of nitrogens with one attached hydrogen (secondary N) is 2. The van der Waals surface area contributed by atoms with E-state index in [2.05, 4.69) is 41.4 Å². The first kappa shape index (κ1) is 15.0. The van der Waals surface area contributed by atoms with E-state index in [4.69, 9.17) is 4.74 Å². The van der Waals surface area contributed by atoms with Crippen molar-refractivity contribution in [1.29, 1.82) is 0 Å². The van der Waals surface area contributed by atoms with Crippen molar-refractivity contribution in [3.05, 3.63) is 11.9 Å². The SMILES string of the molecule is CCNc1cc(NCC2(C)CCOCC2)nc(CC)n1. The standard InChI is InChI=1S/C15H26N4O/c1-4-12-18-13(16-5-2)10-14(19-12)17-11-15(3)6-8-20-9-7-15/h10H,4-9,11H2,1-3H3,(H2,16,17,18,19). The third-order valence-corrected chi connectivity index (χ3v) is 3.84. The molecule has 0 unspecified atom stereocenters. The minimum Gasteiger partial charge on any atom is -0.381 e. The Morgan fingerprint density at radius 3 is 2.40 bits per heavy atom. The normalized spacial score (nSPS) is 17.8. The Morgan fingerprint density at radius 1 is 1.15 bits per heavy atom. The summed E-state index contributed by atoms with van der Waals surface area (Å²) in [5.41, 5.74) is 0.300. The van der Waals surface area contributed by atoms with E-state index in [0.717, 1.165) is 63.0 Å². The van der Waals surface area contributed by atoms with Gasteiger partial charge in [-0.05, 0) is 25.2 Å². The zero-order valence-electron chi connectivity index (χ0n) is 12.8. The smallest absolute Gasteiger partial charge is 0.132 e. The van der Waals surface area contributed by atoms with Gasteiger partial charge in [0, 0.05) is 38.8 Å². The molecule has 1 saturated heterocycles. The van der Waals surface area contributed by atoms with Crippen LogP contribution in [0.5, 0.6) is 0 Å². The number of rotatable bonds is 6. The quantitative estimate of drug-likeness (QED) is 0.838. The van der Waals surface area contributed by atoms with E-state index >= 15 is 0 Å². The van der Waals surface area contributed by atoms with Gasteiger partial charge in [-0.1, -0.05) is 13.8 Å². The third-order valence-electron chi connectivity index (χ3n) is 3.84. The van der Waals surface area contributed by atoms with Crippen LogP contribution in [-0.2, 0) is 11.2 Å². The maximum atomic E-state index is 5.44. The molecule has 5 heteroatoms. The van der Waals surface area contributed by atoms with Crippen LogP contribution in [0.25, 0.3) is 0 Å². The lowest BCUT2D eigenvalue weighted by atomic mass is 9.82. The van der Waals surface area contributed by atoms with E-state index < -0.39 is 0 Å². The highest BCUT2D eigenvalue weighted by molar-refractivity contribution is 5.47. The Morgan fingerprint density at radius 2 is 1.80 bits per heavy atom. The summed E-state index contributed by atoms with van der Waals surface area (Å²) >= 11 is 0. The van der Waals surface area contributed by atoms with Gasteiger partial charge in [0.1, 0.15) is 17.5 Å². The summed E-state index contributed by atoms with van der Waals surface area (Å²) in [5.74, 6) is 2.70. The summed E-state index contributed by atoms with van der Waals surface area (Å²) in [6.45, 7) is 10.0. The fourth-order valence-corrected chi connectivity index (χ4v) is 2.36. The van der Waals surface area contributed by atoms with Crippen LogP contribution >= 0.6 is 0 Å². The molecule has 0 saturated carbocycles. The summed E-state index contributed by atoms with van der Waals surface area (Å²) in [7, 11) is 0. The molecular formula is C15H26N4O. The monoisotopic (exact) mass is 278 g/mol. The van der Waals surface area contributed by atoms with Gasteiger partial charge >= 0.3 is 0 Å². The fourth-order valence-electron chi connectivity index (χ4n) is 2.36. The van der Waals surface area contributed by atoms with Crippen LogP contribution in [0.1, 0.15) is 39.4 Å². The molecule has 2 rings (SSSR count). The molecule has 0 atom stereocenters. The van der Waals surface area contributed by atoms with Gasteiger partial charge < -0.3 is 15.4 Å². The number of aryl methyl sites for hydroxylation is 1. The summed E-state index contributed by atoms with van der Waals surface area (Å²) in [5, 5.41) is 6.74. The van der Waals surface area contributed by atoms with Gasteiger partial charge in [-0.25, -0.2) is 9.97 Å². The average Bonchev–Trinajstić information content (AvgIpc) is 2.46. The van der Waals surface area contributed by atoms with E-state index in [9.17, 15) is 0 Å².